The Kier molecular flexibility index (Phi) is 7.33. The number of alkyl halides is 3. The molecule has 2 aromatic heterocycles. The molecule has 0 bridgehead atoms. The predicted molar refractivity (Wildman–Crippen MR) is 107 cm³/mol. The molecule has 2 heterocycles. The van der Waals surface area contributed by atoms with Crippen molar-refractivity contribution in [2.45, 2.75) is 18.8 Å². The molecule has 3 rings (SSSR count). The number of aliphatic hydroxyl groups is 1. The van der Waals surface area contributed by atoms with Gasteiger partial charge in [0.1, 0.15) is 29.5 Å². The second-order valence-corrected chi connectivity index (χ2v) is 6.61. The van der Waals surface area contributed by atoms with Crippen LogP contribution in [0.1, 0.15) is 17.1 Å². The van der Waals surface area contributed by atoms with Gasteiger partial charge in [0.15, 0.2) is 17.5 Å². The van der Waals surface area contributed by atoms with Crippen LogP contribution in [0.25, 0.3) is 5.70 Å². The highest BCUT2D eigenvalue weighted by Gasteiger charge is 2.40. The fraction of sp³-hybridized carbons (Fsp3) is 0.200. The van der Waals surface area contributed by atoms with Crippen molar-refractivity contribution in [3.8, 4) is 0 Å². The van der Waals surface area contributed by atoms with Crippen molar-refractivity contribution in [1.29, 1.82) is 5.41 Å². The number of anilines is 1. The molecule has 0 fully saturated rings. The Bertz CT molecular complexity index is 1130. The molecule has 0 saturated carbocycles. The Morgan fingerprint density at radius 2 is 1.94 bits per heavy atom. The number of hydrogen-bond donors (Lipinski definition) is 4. The molecule has 0 aliphatic heterocycles. The highest BCUT2D eigenvalue weighted by molar-refractivity contribution is 6.07. The predicted octanol–water partition coefficient (Wildman–Crippen LogP) is 3.28. The Morgan fingerprint density at radius 3 is 2.58 bits per heavy atom. The summed E-state index contributed by atoms with van der Waals surface area (Å²) in [7, 11) is 0. The van der Waals surface area contributed by atoms with Gasteiger partial charge < -0.3 is 20.3 Å². The lowest BCUT2D eigenvalue weighted by Gasteiger charge is -2.20. The summed E-state index contributed by atoms with van der Waals surface area (Å²) in [6, 6.07) is 4.99. The van der Waals surface area contributed by atoms with Crippen molar-refractivity contribution in [1.82, 2.24) is 20.4 Å². The van der Waals surface area contributed by atoms with Crippen LogP contribution in [0.3, 0.4) is 0 Å². The lowest BCUT2D eigenvalue weighted by Crippen LogP contribution is -2.40. The third kappa shape index (κ3) is 6.10. The molecule has 1 aromatic carbocycles. The van der Waals surface area contributed by atoms with E-state index in [9.17, 15) is 22.0 Å². The number of allylic oxidation sites excluding steroid dienone is 1. The number of nitrogens with one attached hydrogen (secondary N) is 3. The first kappa shape index (κ1) is 23.8. The normalized spacial score (nSPS) is 13.0. The molecule has 0 aliphatic rings. The van der Waals surface area contributed by atoms with Gasteiger partial charge in [0, 0.05) is 18.2 Å². The SMILES string of the molecule is N=C(/C=C(\NCc1ccccc1F)c1ccon1)c1ncc(F)c(NC(CO)C(F)(F)F)n1. The molecule has 0 saturated heterocycles. The first-order valence-electron chi connectivity index (χ1n) is 9.34. The number of aromatic nitrogens is 3. The summed E-state index contributed by atoms with van der Waals surface area (Å²) >= 11 is 0. The second kappa shape index (κ2) is 10.2. The zero-order valence-electron chi connectivity index (χ0n) is 16.7. The molecule has 1 unspecified atom stereocenters. The van der Waals surface area contributed by atoms with E-state index in [4.69, 9.17) is 15.0 Å². The molecule has 0 amide bonds. The second-order valence-electron chi connectivity index (χ2n) is 6.61. The van der Waals surface area contributed by atoms with Gasteiger partial charge >= 0.3 is 6.18 Å². The van der Waals surface area contributed by atoms with Crippen LogP contribution >= 0.6 is 0 Å². The van der Waals surface area contributed by atoms with Crippen LogP contribution in [0.4, 0.5) is 27.8 Å². The lowest BCUT2D eigenvalue weighted by molar-refractivity contribution is -0.149. The van der Waals surface area contributed by atoms with E-state index in [1.54, 1.807) is 17.4 Å². The highest BCUT2D eigenvalue weighted by atomic mass is 19.4. The molecule has 3 aromatic rings. The van der Waals surface area contributed by atoms with Crippen molar-refractivity contribution in [2.24, 2.45) is 0 Å². The van der Waals surface area contributed by atoms with E-state index in [0.29, 0.717) is 11.8 Å². The highest BCUT2D eigenvalue weighted by Crippen LogP contribution is 2.24. The Hall–Kier alpha value is -3.87. The van der Waals surface area contributed by atoms with Gasteiger partial charge in [-0.15, -0.1) is 0 Å². The number of benzene rings is 1. The fourth-order valence-corrected chi connectivity index (χ4v) is 2.60. The first-order chi connectivity index (χ1) is 15.7. The van der Waals surface area contributed by atoms with E-state index in [1.807, 2.05) is 0 Å². The maximum atomic E-state index is 14.0. The molecule has 0 spiro atoms. The van der Waals surface area contributed by atoms with Gasteiger partial charge in [0.25, 0.3) is 0 Å². The summed E-state index contributed by atoms with van der Waals surface area (Å²) in [4.78, 5) is 7.26. The fourth-order valence-electron chi connectivity index (χ4n) is 2.60. The minimum Gasteiger partial charge on any atom is -0.394 e. The number of aliphatic hydroxyl groups excluding tert-OH is 1. The minimum absolute atomic E-state index is 0.0134. The van der Waals surface area contributed by atoms with Crippen LogP contribution in [0, 0.1) is 17.0 Å². The van der Waals surface area contributed by atoms with Crippen molar-refractivity contribution < 1.29 is 31.6 Å². The Balaban J connectivity index is 1.86. The first-order valence-corrected chi connectivity index (χ1v) is 9.34. The Labute approximate surface area is 183 Å². The lowest BCUT2D eigenvalue weighted by atomic mass is 10.2. The third-order valence-electron chi connectivity index (χ3n) is 4.30. The largest absolute Gasteiger partial charge is 0.410 e. The average molecular weight is 468 g/mol. The monoisotopic (exact) mass is 468 g/mol. The van der Waals surface area contributed by atoms with Crippen LogP contribution in [-0.2, 0) is 6.54 Å². The van der Waals surface area contributed by atoms with Crippen LogP contribution in [-0.4, -0.2) is 44.8 Å². The van der Waals surface area contributed by atoms with Crippen molar-refractivity contribution in [3.63, 3.8) is 0 Å². The quantitative estimate of drug-likeness (QED) is 0.281. The zero-order valence-corrected chi connectivity index (χ0v) is 16.7. The minimum atomic E-state index is -4.86. The van der Waals surface area contributed by atoms with Gasteiger partial charge in [0.2, 0.25) is 0 Å². The molecule has 0 radical (unpaired) electrons. The van der Waals surface area contributed by atoms with E-state index < -0.39 is 47.8 Å². The smallest absolute Gasteiger partial charge is 0.394 e. The average Bonchev–Trinajstić information content (AvgIpc) is 3.30. The van der Waals surface area contributed by atoms with Gasteiger partial charge in [-0.1, -0.05) is 23.4 Å². The number of nitrogens with zero attached hydrogens (tertiary/aromatic N) is 3. The molecule has 1 atom stereocenters. The molecular weight excluding hydrogens is 451 g/mol. The molecular formula is C20H17F5N6O2. The zero-order chi connectivity index (χ0) is 24.0. The van der Waals surface area contributed by atoms with E-state index >= 15 is 0 Å². The van der Waals surface area contributed by atoms with Crippen molar-refractivity contribution in [2.75, 3.05) is 11.9 Å². The van der Waals surface area contributed by atoms with Crippen molar-refractivity contribution >= 4 is 17.2 Å². The van der Waals surface area contributed by atoms with E-state index in [1.165, 1.54) is 30.5 Å². The van der Waals surface area contributed by atoms with Gasteiger partial charge in [-0.2, -0.15) is 13.2 Å². The van der Waals surface area contributed by atoms with Gasteiger partial charge in [-0.3, -0.25) is 5.41 Å². The van der Waals surface area contributed by atoms with Crippen molar-refractivity contribution in [3.05, 3.63) is 77.6 Å². The third-order valence-corrected chi connectivity index (χ3v) is 4.30. The summed E-state index contributed by atoms with van der Waals surface area (Å²) in [5.74, 6) is -2.91. The summed E-state index contributed by atoms with van der Waals surface area (Å²) in [6.45, 7) is -1.34. The number of rotatable bonds is 9. The molecule has 33 heavy (non-hydrogen) atoms. The van der Waals surface area contributed by atoms with Crippen LogP contribution < -0.4 is 10.6 Å². The van der Waals surface area contributed by atoms with Crippen LogP contribution in [0.15, 0.2) is 53.4 Å². The van der Waals surface area contributed by atoms with E-state index in [-0.39, 0.29) is 17.9 Å². The van der Waals surface area contributed by atoms with Crippen LogP contribution in [0.5, 0.6) is 0 Å². The van der Waals surface area contributed by atoms with Gasteiger partial charge in [-0.05, 0) is 12.1 Å². The van der Waals surface area contributed by atoms with E-state index in [2.05, 4.69) is 20.4 Å². The molecule has 174 valence electrons. The Morgan fingerprint density at radius 1 is 1.18 bits per heavy atom. The summed E-state index contributed by atoms with van der Waals surface area (Å²) < 4.78 is 71.3. The number of hydrogen-bond acceptors (Lipinski definition) is 8. The maximum absolute atomic E-state index is 14.0. The summed E-state index contributed by atoms with van der Waals surface area (Å²) in [5, 5.41) is 25.6. The molecule has 4 N–H and O–H groups in total. The molecule has 0 aliphatic carbocycles. The van der Waals surface area contributed by atoms with E-state index in [0.717, 1.165) is 0 Å². The molecule has 13 heteroatoms. The number of halogens is 5. The topological polar surface area (TPSA) is 120 Å². The summed E-state index contributed by atoms with van der Waals surface area (Å²) in [5.41, 5.74) is 0.353. The maximum Gasteiger partial charge on any atom is 0.410 e. The van der Waals surface area contributed by atoms with Gasteiger partial charge in [0.05, 0.1) is 18.5 Å². The summed E-state index contributed by atoms with van der Waals surface area (Å²) in [6.07, 6.45) is -1.82. The van der Waals surface area contributed by atoms with Gasteiger partial charge in [-0.25, -0.2) is 18.7 Å². The standard InChI is InChI=1S/C20H17F5N6O2/c21-12-4-2-1-3-11(12)8-27-16(15-5-6-33-31-15)7-14(26)19-28-9-13(22)18(30-19)29-17(10-32)20(23,24)25/h1-7,9,17,26-27,32H,8,10H2,(H,28,29,30)/b16-7-,26-14?. The molecule has 8 nitrogen and oxygen atoms in total. The van der Waals surface area contributed by atoms with Crippen LogP contribution in [0.2, 0.25) is 0 Å².